The Morgan fingerprint density at radius 1 is 1.22 bits per heavy atom. The molecule has 90 valence electrons. The summed E-state index contributed by atoms with van der Waals surface area (Å²) < 4.78 is 0. The van der Waals surface area contributed by atoms with Gasteiger partial charge in [0.15, 0.2) is 0 Å². The summed E-state index contributed by atoms with van der Waals surface area (Å²) in [7, 11) is 0. The molecule has 0 bridgehead atoms. The summed E-state index contributed by atoms with van der Waals surface area (Å²) >= 11 is 0. The van der Waals surface area contributed by atoms with Crippen molar-refractivity contribution in [2.45, 2.75) is 6.42 Å². The minimum Gasteiger partial charge on any atom is -0.399 e. The Balaban J connectivity index is 1.97. The van der Waals surface area contributed by atoms with Gasteiger partial charge in [-0.2, -0.15) is 0 Å². The highest BCUT2D eigenvalue weighted by atomic mass is 16.2. The standard InChI is InChI=1S/C14H13N3O/c15-12-2-1-10-5-8-17(13(10)9-12)14(18)11-3-6-16-7-4-11/h1-4,6-7,9H,5,8,15H2. The second kappa shape index (κ2) is 4.14. The van der Waals surface area contributed by atoms with E-state index in [9.17, 15) is 4.79 Å². The summed E-state index contributed by atoms with van der Waals surface area (Å²) in [4.78, 5) is 18.1. The molecule has 2 heterocycles. The lowest BCUT2D eigenvalue weighted by Crippen LogP contribution is -2.28. The Kier molecular flexibility index (Phi) is 2.48. The highest BCUT2D eigenvalue weighted by molar-refractivity contribution is 6.07. The molecule has 0 saturated heterocycles. The van der Waals surface area contributed by atoms with Crippen molar-refractivity contribution in [2.75, 3.05) is 17.2 Å². The first-order valence-corrected chi connectivity index (χ1v) is 5.86. The van der Waals surface area contributed by atoms with E-state index in [0.29, 0.717) is 17.8 Å². The summed E-state index contributed by atoms with van der Waals surface area (Å²) in [6.07, 6.45) is 4.14. The molecule has 0 radical (unpaired) electrons. The Labute approximate surface area is 105 Å². The van der Waals surface area contributed by atoms with E-state index in [1.165, 1.54) is 5.56 Å². The van der Waals surface area contributed by atoms with E-state index in [1.807, 2.05) is 18.2 Å². The van der Waals surface area contributed by atoms with Crippen LogP contribution >= 0.6 is 0 Å². The normalized spacial score (nSPS) is 13.4. The molecule has 0 aliphatic carbocycles. The van der Waals surface area contributed by atoms with Crippen LogP contribution in [-0.2, 0) is 6.42 Å². The number of pyridine rings is 1. The van der Waals surface area contributed by atoms with Gasteiger partial charge in [0.05, 0.1) is 0 Å². The van der Waals surface area contributed by atoms with E-state index in [0.717, 1.165) is 12.1 Å². The molecule has 1 aromatic carbocycles. The zero-order valence-corrected chi connectivity index (χ0v) is 9.84. The number of nitrogens with zero attached hydrogens (tertiary/aromatic N) is 2. The number of carbonyl (C=O) groups is 1. The smallest absolute Gasteiger partial charge is 0.258 e. The molecule has 0 spiro atoms. The van der Waals surface area contributed by atoms with Crippen LogP contribution in [0, 0.1) is 0 Å². The van der Waals surface area contributed by atoms with E-state index >= 15 is 0 Å². The lowest BCUT2D eigenvalue weighted by Gasteiger charge is -2.17. The molecule has 0 unspecified atom stereocenters. The Hall–Kier alpha value is -2.36. The average molecular weight is 239 g/mol. The fraction of sp³-hybridized carbons (Fsp3) is 0.143. The first-order valence-electron chi connectivity index (χ1n) is 5.86. The van der Waals surface area contributed by atoms with Gasteiger partial charge < -0.3 is 10.6 Å². The predicted octanol–water partition coefficient (Wildman–Crippen LogP) is 1.87. The molecule has 3 rings (SSSR count). The van der Waals surface area contributed by atoms with Crippen molar-refractivity contribution < 1.29 is 4.79 Å². The average Bonchev–Trinajstić information content (AvgIpc) is 2.82. The van der Waals surface area contributed by atoms with Crippen LogP contribution in [0.15, 0.2) is 42.7 Å². The summed E-state index contributed by atoms with van der Waals surface area (Å²) in [5.41, 5.74) is 9.22. The molecular formula is C14H13N3O. The minimum atomic E-state index is 0.00162. The number of nitrogen functional groups attached to an aromatic ring is 1. The lowest BCUT2D eigenvalue weighted by atomic mass is 10.1. The third-order valence-corrected chi connectivity index (χ3v) is 3.18. The molecule has 18 heavy (non-hydrogen) atoms. The number of amides is 1. The third kappa shape index (κ3) is 1.72. The molecule has 0 fully saturated rings. The molecule has 0 atom stereocenters. The minimum absolute atomic E-state index is 0.00162. The number of fused-ring (bicyclic) bond motifs is 1. The van der Waals surface area contributed by atoms with Crippen LogP contribution in [0.2, 0.25) is 0 Å². The Morgan fingerprint density at radius 3 is 2.78 bits per heavy atom. The lowest BCUT2D eigenvalue weighted by molar-refractivity contribution is 0.0989. The Morgan fingerprint density at radius 2 is 2.00 bits per heavy atom. The second-order valence-corrected chi connectivity index (χ2v) is 4.33. The highest BCUT2D eigenvalue weighted by Gasteiger charge is 2.25. The molecule has 1 amide bonds. The molecule has 1 aliphatic heterocycles. The quantitative estimate of drug-likeness (QED) is 0.773. The molecule has 2 N–H and O–H groups in total. The molecular weight excluding hydrogens is 226 g/mol. The van der Waals surface area contributed by atoms with E-state index in [-0.39, 0.29) is 5.91 Å². The van der Waals surface area contributed by atoms with Gasteiger partial charge in [0.25, 0.3) is 5.91 Å². The van der Waals surface area contributed by atoms with Crippen molar-refractivity contribution in [2.24, 2.45) is 0 Å². The third-order valence-electron chi connectivity index (χ3n) is 3.18. The van der Waals surface area contributed by atoms with E-state index in [1.54, 1.807) is 29.4 Å². The number of anilines is 2. The molecule has 4 heteroatoms. The number of benzene rings is 1. The maximum absolute atomic E-state index is 12.4. The van der Waals surface area contributed by atoms with Crippen molar-refractivity contribution in [1.29, 1.82) is 0 Å². The number of hydrogen-bond acceptors (Lipinski definition) is 3. The number of carbonyl (C=O) groups excluding carboxylic acids is 1. The largest absolute Gasteiger partial charge is 0.399 e. The summed E-state index contributed by atoms with van der Waals surface area (Å²) in [5.74, 6) is 0.00162. The number of rotatable bonds is 1. The van der Waals surface area contributed by atoms with Gasteiger partial charge >= 0.3 is 0 Å². The van der Waals surface area contributed by atoms with Crippen molar-refractivity contribution in [3.05, 3.63) is 53.9 Å². The maximum Gasteiger partial charge on any atom is 0.258 e. The van der Waals surface area contributed by atoms with Gasteiger partial charge in [-0.05, 0) is 36.2 Å². The molecule has 4 nitrogen and oxygen atoms in total. The van der Waals surface area contributed by atoms with Crippen molar-refractivity contribution >= 4 is 17.3 Å². The van der Waals surface area contributed by atoms with Gasteiger partial charge in [0.1, 0.15) is 0 Å². The van der Waals surface area contributed by atoms with Gasteiger partial charge in [-0.25, -0.2) is 0 Å². The zero-order chi connectivity index (χ0) is 12.5. The fourth-order valence-corrected chi connectivity index (χ4v) is 2.26. The van der Waals surface area contributed by atoms with Crippen LogP contribution in [0.3, 0.4) is 0 Å². The molecule has 2 aromatic rings. The van der Waals surface area contributed by atoms with Gasteiger partial charge in [-0.3, -0.25) is 9.78 Å². The van der Waals surface area contributed by atoms with Gasteiger partial charge in [-0.1, -0.05) is 6.07 Å². The van der Waals surface area contributed by atoms with Crippen molar-refractivity contribution in [1.82, 2.24) is 4.98 Å². The predicted molar refractivity (Wildman–Crippen MR) is 70.5 cm³/mol. The highest BCUT2D eigenvalue weighted by Crippen LogP contribution is 2.30. The van der Waals surface area contributed by atoms with Crippen molar-refractivity contribution in [3.8, 4) is 0 Å². The fourth-order valence-electron chi connectivity index (χ4n) is 2.26. The topological polar surface area (TPSA) is 59.2 Å². The monoisotopic (exact) mass is 239 g/mol. The summed E-state index contributed by atoms with van der Waals surface area (Å²) in [6, 6.07) is 9.18. The van der Waals surface area contributed by atoms with Crippen LogP contribution in [0.5, 0.6) is 0 Å². The Bertz CT molecular complexity index is 595. The zero-order valence-electron chi connectivity index (χ0n) is 9.84. The summed E-state index contributed by atoms with van der Waals surface area (Å²) in [6.45, 7) is 0.708. The first-order chi connectivity index (χ1) is 8.75. The maximum atomic E-state index is 12.4. The van der Waals surface area contributed by atoms with E-state index in [4.69, 9.17) is 5.73 Å². The second-order valence-electron chi connectivity index (χ2n) is 4.33. The van der Waals surface area contributed by atoms with Crippen LogP contribution in [0.25, 0.3) is 0 Å². The number of aromatic nitrogens is 1. The number of nitrogens with two attached hydrogens (primary N) is 1. The van der Waals surface area contributed by atoms with E-state index < -0.39 is 0 Å². The van der Waals surface area contributed by atoms with Gasteiger partial charge in [-0.15, -0.1) is 0 Å². The van der Waals surface area contributed by atoms with Crippen molar-refractivity contribution in [3.63, 3.8) is 0 Å². The first kappa shape index (κ1) is 10.8. The van der Waals surface area contributed by atoms with Crippen LogP contribution in [0.4, 0.5) is 11.4 Å². The SMILES string of the molecule is Nc1ccc2c(c1)N(C(=O)c1ccncc1)CC2. The van der Waals surface area contributed by atoms with Crippen LogP contribution < -0.4 is 10.6 Å². The van der Waals surface area contributed by atoms with Gasteiger partial charge in [0, 0.05) is 35.9 Å². The molecule has 0 saturated carbocycles. The summed E-state index contributed by atoms with van der Waals surface area (Å²) in [5, 5.41) is 0. The molecule has 1 aliphatic rings. The van der Waals surface area contributed by atoms with Crippen LogP contribution in [0.1, 0.15) is 15.9 Å². The van der Waals surface area contributed by atoms with E-state index in [2.05, 4.69) is 4.98 Å². The number of hydrogen-bond donors (Lipinski definition) is 1. The molecule has 1 aromatic heterocycles. The van der Waals surface area contributed by atoms with Crippen LogP contribution in [-0.4, -0.2) is 17.4 Å². The van der Waals surface area contributed by atoms with Gasteiger partial charge in [0.2, 0.25) is 0 Å².